The molecule has 0 aromatic rings. The van der Waals surface area contributed by atoms with Gasteiger partial charge in [-0.1, -0.05) is 18.4 Å². The predicted octanol–water partition coefficient (Wildman–Crippen LogP) is 3.49. The highest BCUT2D eigenvalue weighted by atomic mass is 16.3. The zero-order chi connectivity index (χ0) is 15.5. The number of carbonyl (C=O) groups is 1. The van der Waals surface area contributed by atoms with Crippen molar-refractivity contribution < 1.29 is 9.90 Å². The van der Waals surface area contributed by atoms with Crippen LogP contribution in [0.25, 0.3) is 0 Å². The quantitative estimate of drug-likeness (QED) is 0.695. The van der Waals surface area contributed by atoms with Crippen LogP contribution in [0.15, 0.2) is 11.6 Å². The van der Waals surface area contributed by atoms with Gasteiger partial charge in [0.05, 0.1) is 0 Å². The first-order chi connectivity index (χ1) is 10.5. The second-order valence-corrected chi connectivity index (χ2v) is 8.30. The maximum absolute atomic E-state index is 11.7. The highest BCUT2D eigenvalue weighted by Crippen LogP contribution is 2.64. The minimum Gasteiger partial charge on any atom is -0.377 e. The summed E-state index contributed by atoms with van der Waals surface area (Å²) in [7, 11) is 0. The zero-order valence-corrected chi connectivity index (χ0v) is 13.5. The third kappa shape index (κ3) is 1.75. The van der Waals surface area contributed by atoms with E-state index < -0.39 is 5.60 Å². The van der Waals surface area contributed by atoms with Crippen molar-refractivity contribution in [2.45, 2.75) is 63.9 Å². The van der Waals surface area contributed by atoms with Gasteiger partial charge in [0.1, 0.15) is 5.60 Å². The summed E-state index contributed by atoms with van der Waals surface area (Å²) in [5, 5.41) is 10.9. The molecule has 0 aromatic heterocycles. The normalized spacial score (nSPS) is 50.4. The van der Waals surface area contributed by atoms with Crippen LogP contribution in [-0.2, 0) is 4.79 Å². The molecule has 4 aliphatic rings. The molecule has 0 aromatic carbocycles. The van der Waals surface area contributed by atoms with Crippen molar-refractivity contribution >= 4 is 5.78 Å². The molecule has 4 rings (SSSR count). The van der Waals surface area contributed by atoms with Crippen LogP contribution in [0.3, 0.4) is 0 Å². The summed E-state index contributed by atoms with van der Waals surface area (Å²) < 4.78 is 0. The van der Waals surface area contributed by atoms with E-state index in [0.29, 0.717) is 29.5 Å². The lowest BCUT2D eigenvalue weighted by molar-refractivity contribution is -0.116. The Morgan fingerprint density at radius 1 is 1.18 bits per heavy atom. The number of aliphatic hydroxyl groups is 1. The van der Waals surface area contributed by atoms with Crippen LogP contribution in [0, 0.1) is 41.4 Å². The summed E-state index contributed by atoms with van der Waals surface area (Å²) in [5.41, 5.74) is 0.418. The zero-order valence-electron chi connectivity index (χ0n) is 13.5. The van der Waals surface area contributed by atoms with Crippen LogP contribution in [0.4, 0.5) is 0 Å². The van der Waals surface area contributed by atoms with E-state index in [9.17, 15) is 9.90 Å². The fraction of sp³-hybridized carbons (Fsp3) is 0.750. The molecule has 6 atom stereocenters. The van der Waals surface area contributed by atoms with E-state index in [-0.39, 0.29) is 5.41 Å². The Morgan fingerprint density at radius 2 is 2.00 bits per heavy atom. The minimum absolute atomic E-state index is 0.103. The second kappa shape index (κ2) is 4.71. The first kappa shape index (κ1) is 14.5. The Bertz CT molecular complexity index is 583. The first-order valence-electron chi connectivity index (χ1n) is 8.92. The van der Waals surface area contributed by atoms with Crippen LogP contribution in [-0.4, -0.2) is 16.5 Å². The van der Waals surface area contributed by atoms with Gasteiger partial charge in [-0.2, -0.15) is 0 Å². The van der Waals surface area contributed by atoms with Crippen molar-refractivity contribution in [3.63, 3.8) is 0 Å². The summed E-state index contributed by atoms with van der Waals surface area (Å²) in [6, 6.07) is 0. The average Bonchev–Trinajstić information content (AvgIpc) is 2.79. The van der Waals surface area contributed by atoms with Crippen molar-refractivity contribution in [3.8, 4) is 12.3 Å². The van der Waals surface area contributed by atoms with Gasteiger partial charge >= 0.3 is 0 Å². The monoisotopic (exact) mass is 298 g/mol. The number of hydrogen-bond donors (Lipinski definition) is 1. The lowest BCUT2D eigenvalue weighted by Gasteiger charge is -2.54. The molecular formula is C20H26O2. The number of ketones is 1. The Balaban J connectivity index is 1.65. The molecule has 0 bridgehead atoms. The molecule has 1 N–H and O–H groups in total. The van der Waals surface area contributed by atoms with E-state index in [1.54, 1.807) is 0 Å². The topological polar surface area (TPSA) is 37.3 Å². The lowest BCUT2D eigenvalue weighted by Crippen LogP contribution is -2.52. The van der Waals surface area contributed by atoms with Gasteiger partial charge in [-0.3, -0.25) is 4.79 Å². The Labute approximate surface area is 133 Å². The van der Waals surface area contributed by atoms with Gasteiger partial charge in [0.15, 0.2) is 5.78 Å². The largest absolute Gasteiger partial charge is 0.377 e. The number of hydrogen-bond acceptors (Lipinski definition) is 2. The molecule has 0 aliphatic heterocycles. The fourth-order valence-electron chi connectivity index (χ4n) is 6.43. The van der Waals surface area contributed by atoms with Crippen molar-refractivity contribution in [1.82, 2.24) is 0 Å². The molecule has 0 radical (unpaired) electrons. The van der Waals surface area contributed by atoms with Crippen LogP contribution in [0.1, 0.15) is 58.3 Å². The third-order valence-electron chi connectivity index (χ3n) is 7.69. The van der Waals surface area contributed by atoms with Crippen molar-refractivity contribution in [2.24, 2.45) is 29.1 Å². The Kier molecular flexibility index (Phi) is 3.11. The molecule has 1 unspecified atom stereocenters. The van der Waals surface area contributed by atoms with E-state index in [1.165, 1.54) is 12.0 Å². The second-order valence-electron chi connectivity index (χ2n) is 8.30. The average molecular weight is 298 g/mol. The van der Waals surface area contributed by atoms with E-state index >= 15 is 0 Å². The first-order valence-corrected chi connectivity index (χ1v) is 8.92. The maximum Gasteiger partial charge on any atom is 0.155 e. The molecule has 3 fully saturated rings. The Hall–Kier alpha value is -1.07. The van der Waals surface area contributed by atoms with Crippen LogP contribution >= 0.6 is 0 Å². The summed E-state index contributed by atoms with van der Waals surface area (Å²) in [6.45, 7) is 2.23. The van der Waals surface area contributed by atoms with Crippen molar-refractivity contribution in [2.75, 3.05) is 0 Å². The number of fused-ring (bicyclic) bond motifs is 5. The van der Waals surface area contributed by atoms with Gasteiger partial charge in [0.2, 0.25) is 0 Å². The van der Waals surface area contributed by atoms with Gasteiger partial charge in [-0.15, -0.1) is 6.42 Å². The molecule has 0 heterocycles. The van der Waals surface area contributed by atoms with Crippen molar-refractivity contribution in [3.05, 3.63) is 11.6 Å². The number of allylic oxidation sites excluding steroid dienone is 1. The van der Waals surface area contributed by atoms with Crippen LogP contribution in [0.2, 0.25) is 0 Å². The number of carbonyl (C=O) groups excluding carboxylic acids is 1. The minimum atomic E-state index is -0.902. The molecular weight excluding hydrogens is 272 g/mol. The molecule has 4 aliphatic carbocycles. The highest BCUT2D eigenvalue weighted by molar-refractivity contribution is 5.91. The lowest BCUT2D eigenvalue weighted by atomic mass is 9.50. The maximum atomic E-state index is 11.7. The summed E-state index contributed by atoms with van der Waals surface area (Å²) in [5.74, 6) is 5.66. The van der Waals surface area contributed by atoms with Crippen LogP contribution < -0.4 is 0 Å². The molecule has 2 nitrogen and oxygen atoms in total. The van der Waals surface area contributed by atoms with E-state index in [4.69, 9.17) is 6.42 Å². The van der Waals surface area contributed by atoms with Gasteiger partial charge in [-0.25, -0.2) is 0 Å². The van der Waals surface area contributed by atoms with E-state index in [1.807, 2.05) is 6.08 Å². The smallest absolute Gasteiger partial charge is 0.155 e. The highest BCUT2D eigenvalue weighted by Gasteiger charge is 2.61. The van der Waals surface area contributed by atoms with Gasteiger partial charge in [0.25, 0.3) is 0 Å². The Morgan fingerprint density at radius 3 is 2.77 bits per heavy atom. The van der Waals surface area contributed by atoms with Gasteiger partial charge in [-0.05, 0) is 74.7 Å². The summed E-state index contributed by atoms with van der Waals surface area (Å²) in [4.78, 5) is 11.7. The fourth-order valence-corrected chi connectivity index (χ4v) is 6.43. The van der Waals surface area contributed by atoms with E-state index in [0.717, 1.165) is 44.9 Å². The summed E-state index contributed by atoms with van der Waals surface area (Å²) >= 11 is 0. The van der Waals surface area contributed by atoms with Crippen molar-refractivity contribution in [1.29, 1.82) is 0 Å². The van der Waals surface area contributed by atoms with E-state index in [2.05, 4.69) is 12.8 Å². The molecule has 118 valence electrons. The van der Waals surface area contributed by atoms with Gasteiger partial charge < -0.3 is 5.11 Å². The van der Waals surface area contributed by atoms with Gasteiger partial charge in [0, 0.05) is 11.8 Å². The standard InChI is InChI=1S/C20H26O2/c1-3-20(22)11-9-18-17-6-4-13-12-14(21)5-7-15(13)16(17)8-10-19(18,20)2/h1,12,15-18,22H,4-11H2,2H3/t15-,16+,17?,18-,19-,20-/m0/s1. The third-order valence-corrected chi connectivity index (χ3v) is 7.69. The summed E-state index contributed by atoms with van der Waals surface area (Å²) in [6.07, 6.45) is 15.7. The molecule has 3 saturated carbocycles. The van der Waals surface area contributed by atoms with Crippen LogP contribution in [0.5, 0.6) is 0 Å². The number of rotatable bonds is 0. The molecule has 0 saturated heterocycles. The molecule has 2 heteroatoms. The molecule has 22 heavy (non-hydrogen) atoms. The SMILES string of the molecule is C#C[C@]1(O)CC[C@H]2C3CCC4=CC(=O)CC[C@@H]4[C@H]3CC[C@@]21C. The number of terminal acetylenes is 1. The molecule has 0 spiro atoms. The predicted molar refractivity (Wildman–Crippen MR) is 85.9 cm³/mol. The molecule has 0 amide bonds.